The van der Waals surface area contributed by atoms with E-state index in [2.05, 4.69) is 15.4 Å². The zero-order chi connectivity index (χ0) is 20.8. The van der Waals surface area contributed by atoms with E-state index in [0.717, 1.165) is 18.5 Å². The molecule has 1 aliphatic rings. The second kappa shape index (κ2) is 9.36. The first-order chi connectivity index (χ1) is 14.7. The van der Waals surface area contributed by atoms with Crippen molar-refractivity contribution in [1.82, 2.24) is 19.7 Å². The molecule has 2 amide bonds. The average molecular weight is 409 g/mol. The molecule has 1 unspecified atom stereocenters. The van der Waals surface area contributed by atoms with Crippen LogP contribution in [0.2, 0.25) is 0 Å². The number of hydrogen-bond donors (Lipinski definition) is 1. The van der Waals surface area contributed by atoms with E-state index >= 15 is 0 Å². The third-order valence-corrected chi connectivity index (χ3v) is 4.86. The maximum atomic E-state index is 12.7. The first-order valence-electron chi connectivity index (χ1n) is 9.84. The highest BCUT2D eigenvalue weighted by Crippen LogP contribution is 2.16. The third-order valence-electron chi connectivity index (χ3n) is 4.86. The van der Waals surface area contributed by atoms with E-state index in [1.165, 1.54) is 17.1 Å². The lowest BCUT2D eigenvalue weighted by Crippen LogP contribution is -2.44. The molecule has 4 heterocycles. The summed E-state index contributed by atoms with van der Waals surface area (Å²) in [6, 6.07) is 8.94. The minimum Gasteiger partial charge on any atom is -0.459 e. The Hall–Kier alpha value is -3.46. The Morgan fingerprint density at radius 3 is 3.00 bits per heavy atom. The van der Waals surface area contributed by atoms with Crippen molar-refractivity contribution >= 4 is 17.5 Å². The van der Waals surface area contributed by atoms with Crippen molar-refractivity contribution in [1.29, 1.82) is 0 Å². The van der Waals surface area contributed by atoms with E-state index in [1.54, 1.807) is 29.4 Å². The number of rotatable bonds is 7. The number of carbonyl (C=O) groups is 2. The molecule has 4 rings (SSSR count). The van der Waals surface area contributed by atoms with Crippen LogP contribution < -0.4 is 5.32 Å². The van der Waals surface area contributed by atoms with Crippen molar-refractivity contribution in [2.24, 2.45) is 0 Å². The molecule has 0 bridgehead atoms. The van der Waals surface area contributed by atoms with Gasteiger partial charge in [0.2, 0.25) is 5.91 Å². The van der Waals surface area contributed by atoms with Gasteiger partial charge in [0, 0.05) is 25.5 Å². The van der Waals surface area contributed by atoms with Crippen LogP contribution in [0, 0.1) is 0 Å². The Bertz CT molecular complexity index is 970. The summed E-state index contributed by atoms with van der Waals surface area (Å²) < 4.78 is 12.5. The van der Waals surface area contributed by atoms with Gasteiger partial charge < -0.3 is 19.4 Å². The van der Waals surface area contributed by atoms with Crippen LogP contribution in [0.25, 0.3) is 0 Å². The molecule has 0 aromatic carbocycles. The number of nitrogens with zero attached hydrogens (tertiary/aromatic N) is 4. The summed E-state index contributed by atoms with van der Waals surface area (Å²) in [5, 5.41) is 6.85. The monoisotopic (exact) mass is 409 g/mol. The van der Waals surface area contributed by atoms with Gasteiger partial charge >= 0.3 is 0 Å². The topological polar surface area (TPSA) is 102 Å². The highest BCUT2D eigenvalue weighted by Gasteiger charge is 2.24. The highest BCUT2D eigenvalue weighted by atomic mass is 16.5. The summed E-state index contributed by atoms with van der Waals surface area (Å²) in [4.78, 5) is 30.8. The normalized spacial score (nSPS) is 16.4. The summed E-state index contributed by atoms with van der Waals surface area (Å²) in [6.07, 6.45) is 8.10. The molecule has 9 heteroatoms. The van der Waals surface area contributed by atoms with Crippen molar-refractivity contribution in [3.8, 4) is 0 Å². The Labute approximate surface area is 173 Å². The van der Waals surface area contributed by atoms with Gasteiger partial charge in [-0.25, -0.2) is 0 Å². The molecule has 1 fully saturated rings. The SMILES string of the molecule is O=C(Nc1cnn(CC(=O)N2CCCC(OCc3ccccn3)C2)c1)c1ccco1. The zero-order valence-electron chi connectivity index (χ0n) is 16.4. The zero-order valence-corrected chi connectivity index (χ0v) is 16.4. The first kappa shape index (κ1) is 19.8. The third kappa shape index (κ3) is 5.12. The fraction of sp³-hybridized carbons (Fsp3) is 0.333. The van der Waals surface area contributed by atoms with Crippen LogP contribution in [0.15, 0.2) is 59.6 Å². The van der Waals surface area contributed by atoms with Crippen molar-refractivity contribution in [2.45, 2.75) is 32.1 Å². The van der Waals surface area contributed by atoms with Gasteiger partial charge in [0.1, 0.15) is 6.54 Å². The molecule has 0 radical (unpaired) electrons. The minimum absolute atomic E-state index is 0.00882. The van der Waals surface area contributed by atoms with Crippen LogP contribution in [0.3, 0.4) is 0 Å². The van der Waals surface area contributed by atoms with E-state index in [9.17, 15) is 9.59 Å². The Kier molecular flexibility index (Phi) is 6.19. The second-order valence-electron chi connectivity index (χ2n) is 7.09. The molecule has 30 heavy (non-hydrogen) atoms. The van der Waals surface area contributed by atoms with E-state index in [-0.39, 0.29) is 30.2 Å². The number of likely N-dealkylation sites (tertiary alicyclic amines) is 1. The molecular formula is C21H23N5O4. The van der Waals surface area contributed by atoms with Crippen molar-refractivity contribution in [2.75, 3.05) is 18.4 Å². The number of hydrogen-bond acceptors (Lipinski definition) is 6. The van der Waals surface area contributed by atoms with Gasteiger partial charge in [-0.15, -0.1) is 0 Å². The molecule has 0 aliphatic carbocycles. The lowest BCUT2D eigenvalue weighted by molar-refractivity contribution is -0.136. The summed E-state index contributed by atoms with van der Waals surface area (Å²) in [6.45, 7) is 1.79. The fourth-order valence-corrected chi connectivity index (χ4v) is 3.34. The summed E-state index contributed by atoms with van der Waals surface area (Å²) >= 11 is 0. The number of anilines is 1. The molecule has 156 valence electrons. The van der Waals surface area contributed by atoms with Crippen LogP contribution in [0.1, 0.15) is 29.1 Å². The molecular weight excluding hydrogens is 386 g/mol. The van der Waals surface area contributed by atoms with Crippen LogP contribution in [-0.2, 0) is 22.7 Å². The number of furan rings is 1. The molecule has 1 atom stereocenters. The molecule has 0 spiro atoms. The van der Waals surface area contributed by atoms with Gasteiger partial charge in [0.15, 0.2) is 5.76 Å². The van der Waals surface area contributed by atoms with Gasteiger partial charge in [-0.3, -0.25) is 19.3 Å². The quantitative estimate of drug-likeness (QED) is 0.643. The summed E-state index contributed by atoms with van der Waals surface area (Å²) in [5.74, 6) is -0.188. The van der Waals surface area contributed by atoms with Gasteiger partial charge in [-0.2, -0.15) is 5.10 Å². The smallest absolute Gasteiger partial charge is 0.291 e. The maximum Gasteiger partial charge on any atom is 0.291 e. The molecule has 1 N–H and O–H groups in total. The minimum atomic E-state index is -0.366. The molecule has 3 aromatic heterocycles. The van der Waals surface area contributed by atoms with Crippen molar-refractivity contribution in [3.05, 3.63) is 66.6 Å². The van der Waals surface area contributed by atoms with Crippen LogP contribution in [-0.4, -0.2) is 50.7 Å². The Morgan fingerprint density at radius 1 is 1.27 bits per heavy atom. The highest BCUT2D eigenvalue weighted by molar-refractivity contribution is 6.02. The van der Waals surface area contributed by atoms with Gasteiger partial charge in [0.05, 0.1) is 36.6 Å². The lowest BCUT2D eigenvalue weighted by Gasteiger charge is -2.32. The first-order valence-corrected chi connectivity index (χ1v) is 9.84. The van der Waals surface area contributed by atoms with Crippen LogP contribution >= 0.6 is 0 Å². The number of ether oxygens (including phenoxy) is 1. The Balaban J connectivity index is 1.27. The maximum absolute atomic E-state index is 12.7. The lowest BCUT2D eigenvalue weighted by atomic mass is 10.1. The van der Waals surface area contributed by atoms with E-state index in [0.29, 0.717) is 25.4 Å². The summed E-state index contributed by atoms with van der Waals surface area (Å²) in [7, 11) is 0. The molecule has 0 saturated carbocycles. The van der Waals surface area contributed by atoms with E-state index < -0.39 is 0 Å². The number of carbonyl (C=O) groups excluding carboxylic acids is 2. The van der Waals surface area contributed by atoms with Crippen LogP contribution in [0.4, 0.5) is 5.69 Å². The molecule has 9 nitrogen and oxygen atoms in total. The number of amides is 2. The molecule has 3 aromatic rings. The van der Waals surface area contributed by atoms with Crippen LogP contribution in [0.5, 0.6) is 0 Å². The number of aromatic nitrogens is 3. The predicted octanol–water partition coefficient (Wildman–Crippen LogP) is 2.33. The molecule has 1 saturated heterocycles. The van der Waals surface area contributed by atoms with Gasteiger partial charge in [-0.1, -0.05) is 6.07 Å². The van der Waals surface area contributed by atoms with E-state index in [4.69, 9.17) is 9.15 Å². The Morgan fingerprint density at radius 2 is 2.20 bits per heavy atom. The molecule has 1 aliphatic heterocycles. The van der Waals surface area contributed by atoms with Crippen molar-refractivity contribution in [3.63, 3.8) is 0 Å². The second-order valence-corrected chi connectivity index (χ2v) is 7.09. The van der Waals surface area contributed by atoms with Crippen molar-refractivity contribution < 1.29 is 18.7 Å². The largest absolute Gasteiger partial charge is 0.459 e. The number of nitrogens with one attached hydrogen (secondary N) is 1. The van der Waals surface area contributed by atoms with Gasteiger partial charge in [-0.05, 0) is 37.1 Å². The van der Waals surface area contributed by atoms with E-state index in [1.807, 2.05) is 18.2 Å². The van der Waals surface area contributed by atoms with Gasteiger partial charge in [0.25, 0.3) is 5.91 Å². The summed E-state index contributed by atoms with van der Waals surface area (Å²) in [5.41, 5.74) is 1.38. The number of piperidine rings is 1. The number of pyridine rings is 1. The predicted molar refractivity (Wildman–Crippen MR) is 108 cm³/mol. The standard InChI is InChI=1S/C21H23N5O4/c27-20(14-26-12-17(11-23-26)24-21(28)19-7-4-10-29-19)25-9-3-6-18(13-25)30-15-16-5-1-2-8-22-16/h1-2,4-5,7-8,10-12,18H,3,6,9,13-15H2,(H,24,28). The average Bonchev–Trinajstić information content (AvgIpc) is 3.46. The fourth-order valence-electron chi connectivity index (χ4n) is 3.34.